The lowest BCUT2D eigenvalue weighted by Crippen LogP contribution is -2.48. The van der Waals surface area contributed by atoms with Crippen LogP contribution in [0, 0.1) is 5.92 Å². The zero-order chi connectivity index (χ0) is 9.10. The zero-order valence-corrected chi connectivity index (χ0v) is 8.84. The van der Waals surface area contributed by atoms with Crippen LogP contribution in [0.2, 0.25) is 0 Å². The molecular weight excluding hydrogens is 160 g/mol. The molecule has 0 bridgehead atoms. The molecule has 0 radical (unpaired) electrons. The average Bonchev–Trinajstić information content (AvgIpc) is 2.20. The quantitative estimate of drug-likeness (QED) is 0.613. The first-order chi connectivity index (χ1) is 6.36. The van der Waals surface area contributed by atoms with Gasteiger partial charge >= 0.3 is 0 Å². The molecule has 2 rings (SSSR count). The molecule has 0 spiro atoms. The van der Waals surface area contributed by atoms with E-state index in [1.165, 1.54) is 58.3 Å². The highest BCUT2D eigenvalue weighted by atomic mass is 15.6. The van der Waals surface area contributed by atoms with E-state index in [9.17, 15) is 0 Å². The summed E-state index contributed by atoms with van der Waals surface area (Å²) in [6, 6.07) is 0. The SMILES string of the molecule is CC1CCN(N2CCCCC2)CC1. The molecule has 0 N–H and O–H groups in total. The molecule has 0 amide bonds. The van der Waals surface area contributed by atoms with Crippen molar-refractivity contribution in [1.82, 2.24) is 10.0 Å². The molecule has 0 aromatic rings. The fourth-order valence-electron chi connectivity index (χ4n) is 2.44. The van der Waals surface area contributed by atoms with E-state index in [1.807, 2.05) is 0 Å². The Hall–Kier alpha value is -0.0800. The number of hydrazine groups is 1. The van der Waals surface area contributed by atoms with Crippen molar-refractivity contribution in [2.45, 2.75) is 39.0 Å². The summed E-state index contributed by atoms with van der Waals surface area (Å²) < 4.78 is 0. The number of hydrogen-bond acceptors (Lipinski definition) is 2. The van der Waals surface area contributed by atoms with E-state index >= 15 is 0 Å². The summed E-state index contributed by atoms with van der Waals surface area (Å²) in [6.45, 7) is 7.62. The Morgan fingerprint density at radius 2 is 1.31 bits per heavy atom. The van der Waals surface area contributed by atoms with Crippen LogP contribution >= 0.6 is 0 Å². The standard InChI is InChI=1S/C11H22N2/c1-11-5-9-13(10-6-11)12-7-3-2-4-8-12/h11H,2-10H2,1H3. The van der Waals surface area contributed by atoms with Gasteiger partial charge in [-0.05, 0) is 31.6 Å². The lowest BCUT2D eigenvalue weighted by molar-refractivity contribution is -0.0595. The molecule has 2 fully saturated rings. The number of piperidine rings is 2. The molecule has 0 aromatic carbocycles. The lowest BCUT2D eigenvalue weighted by Gasteiger charge is -2.41. The van der Waals surface area contributed by atoms with Crippen molar-refractivity contribution in [1.29, 1.82) is 0 Å². The van der Waals surface area contributed by atoms with Gasteiger partial charge in [-0.15, -0.1) is 0 Å². The van der Waals surface area contributed by atoms with Crippen LogP contribution in [0.15, 0.2) is 0 Å². The van der Waals surface area contributed by atoms with Crippen LogP contribution in [0.25, 0.3) is 0 Å². The lowest BCUT2D eigenvalue weighted by atomic mass is 10.00. The minimum absolute atomic E-state index is 0.959. The first-order valence-electron chi connectivity index (χ1n) is 5.86. The Balaban J connectivity index is 1.79. The molecule has 2 heterocycles. The highest BCUT2D eigenvalue weighted by Crippen LogP contribution is 2.20. The Labute approximate surface area is 81.9 Å². The van der Waals surface area contributed by atoms with Crippen LogP contribution < -0.4 is 0 Å². The van der Waals surface area contributed by atoms with Crippen LogP contribution in [0.1, 0.15) is 39.0 Å². The summed E-state index contributed by atoms with van der Waals surface area (Å²) in [5, 5.41) is 5.19. The van der Waals surface area contributed by atoms with Crippen LogP contribution in [-0.4, -0.2) is 36.2 Å². The molecule has 0 atom stereocenters. The van der Waals surface area contributed by atoms with Crippen molar-refractivity contribution < 1.29 is 0 Å². The molecule has 2 saturated heterocycles. The van der Waals surface area contributed by atoms with E-state index in [-0.39, 0.29) is 0 Å². The smallest absolute Gasteiger partial charge is 0.0135 e. The van der Waals surface area contributed by atoms with E-state index in [4.69, 9.17) is 0 Å². The summed E-state index contributed by atoms with van der Waals surface area (Å²) in [4.78, 5) is 0. The molecule has 0 aliphatic carbocycles. The summed E-state index contributed by atoms with van der Waals surface area (Å²) >= 11 is 0. The van der Waals surface area contributed by atoms with Crippen LogP contribution in [0.4, 0.5) is 0 Å². The number of rotatable bonds is 1. The highest BCUT2D eigenvalue weighted by Gasteiger charge is 2.22. The third-order valence-electron chi connectivity index (χ3n) is 3.49. The second-order valence-corrected chi connectivity index (χ2v) is 4.65. The third-order valence-corrected chi connectivity index (χ3v) is 3.49. The van der Waals surface area contributed by atoms with Crippen LogP contribution in [-0.2, 0) is 0 Å². The van der Waals surface area contributed by atoms with E-state index in [0.29, 0.717) is 0 Å². The van der Waals surface area contributed by atoms with Crippen LogP contribution in [0.3, 0.4) is 0 Å². The van der Waals surface area contributed by atoms with Gasteiger partial charge in [-0.1, -0.05) is 13.3 Å². The van der Waals surface area contributed by atoms with Gasteiger partial charge in [-0.2, -0.15) is 0 Å². The van der Waals surface area contributed by atoms with E-state index < -0.39 is 0 Å². The Bertz CT molecular complexity index is 144. The number of nitrogens with zero attached hydrogens (tertiary/aromatic N) is 2. The van der Waals surface area contributed by atoms with Gasteiger partial charge < -0.3 is 0 Å². The van der Waals surface area contributed by atoms with Crippen LogP contribution in [0.5, 0.6) is 0 Å². The zero-order valence-electron chi connectivity index (χ0n) is 8.84. The third kappa shape index (κ3) is 2.44. The number of hydrogen-bond donors (Lipinski definition) is 0. The summed E-state index contributed by atoms with van der Waals surface area (Å²) in [5.41, 5.74) is 0. The van der Waals surface area contributed by atoms with Gasteiger partial charge in [0.25, 0.3) is 0 Å². The molecule has 2 heteroatoms. The van der Waals surface area contributed by atoms with Crippen molar-refractivity contribution in [3.8, 4) is 0 Å². The predicted octanol–water partition coefficient (Wildman–Crippen LogP) is 2.12. The molecule has 2 aliphatic heterocycles. The van der Waals surface area contributed by atoms with Crippen molar-refractivity contribution in [3.05, 3.63) is 0 Å². The predicted molar refractivity (Wildman–Crippen MR) is 55.4 cm³/mol. The normalized spacial score (nSPS) is 29.3. The molecule has 0 unspecified atom stereocenters. The summed E-state index contributed by atoms with van der Waals surface area (Å²) in [6.07, 6.45) is 7.06. The maximum atomic E-state index is 2.60. The van der Waals surface area contributed by atoms with Gasteiger partial charge in [0.15, 0.2) is 0 Å². The molecule has 2 aliphatic rings. The Kier molecular flexibility index (Phi) is 3.23. The highest BCUT2D eigenvalue weighted by molar-refractivity contribution is 4.70. The van der Waals surface area contributed by atoms with E-state index in [2.05, 4.69) is 16.9 Å². The molecule has 2 nitrogen and oxygen atoms in total. The average molecular weight is 182 g/mol. The van der Waals surface area contributed by atoms with Gasteiger partial charge in [-0.25, -0.2) is 10.0 Å². The fraction of sp³-hybridized carbons (Fsp3) is 1.00. The molecule has 0 aromatic heterocycles. The molecule has 76 valence electrons. The van der Waals surface area contributed by atoms with Crippen molar-refractivity contribution in [2.75, 3.05) is 26.2 Å². The second kappa shape index (κ2) is 4.43. The van der Waals surface area contributed by atoms with Gasteiger partial charge in [-0.3, -0.25) is 0 Å². The van der Waals surface area contributed by atoms with Gasteiger partial charge in [0.05, 0.1) is 0 Å². The minimum Gasteiger partial charge on any atom is -0.242 e. The topological polar surface area (TPSA) is 6.48 Å². The summed E-state index contributed by atoms with van der Waals surface area (Å²) in [7, 11) is 0. The molecular formula is C11H22N2. The summed E-state index contributed by atoms with van der Waals surface area (Å²) in [5.74, 6) is 0.959. The largest absolute Gasteiger partial charge is 0.242 e. The van der Waals surface area contributed by atoms with Gasteiger partial charge in [0, 0.05) is 26.2 Å². The first kappa shape index (κ1) is 9.47. The van der Waals surface area contributed by atoms with Crippen molar-refractivity contribution in [3.63, 3.8) is 0 Å². The fourth-order valence-corrected chi connectivity index (χ4v) is 2.44. The van der Waals surface area contributed by atoms with Crippen molar-refractivity contribution >= 4 is 0 Å². The molecule has 0 saturated carbocycles. The maximum absolute atomic E-state index is 2.60. The van der Waals surface area contributed by atoms with Crippen molar-refractivity contribution in [2.24, 2.45) is 5.92 Å². The van der Waals surface area contributed by atoms with E-state index in [0.717, 1.165) is 5.92 Å². The first-order valence-corrected chi connectivity index (χ1v) is 5.86. The Morgan fingerprint density at radius 1 is 0.769 bits per heavy atom. The Morgan fingerprint density at radius 3 is 1.92 bits per heavy atom. The van der Waals surface area contributed by atoms with Gasteiger partial charge in [0.1, 0.15) is 0 Å². The maximum Gasteiger partial charge on any atom is 0.0135 e. The second-order valence-electron chi connectivity index (χ2n) is 4.65. The molecule has 13 heavy (non-hydrogen) atoms. The van der Waals surface area contributed by atoms with E-state index in [1.54, 1.807) is 0 Å². The minimum atomic E-state index is 0.959. The monoisotopic (exact) mass is 182 g/mol. The van der Waals surface area contributed by atoms with Gasteiger partial charge in [0.2, 0.25) is 0 Å².